The average molecular weight is 625 g/mol. The zero-order chi connectivity index (χ0) is 33.6. The third-order valence-electron chi connectivity index (χ3n) is 9.67. The van der Waals surface area contributed by atoms with Gasteiger partial charge in [-0.3, -0.25) is 0 Å². The molecule has 9 rings (SSSR count). The van der Waals surface area contributed by atoms with Gasteiger partial charge >= 0.3 is 0 Å². The molecular weight excluding hydrogens is 577 g/mol. The van der Waals surface area contributed by atoms with Crippen molar-refractivity contribution in [2.45, 2.75) is 67.2 Å². The molecule has 0 nitrogen and oxygen atoms in total. The molecule has 8 aromatic rings. The first-order valence-electron chi connectivity index (χ1n) is 17.8. The Morgan fingerprint density at radius 3 is 1.75 bits per heavy atom. The van der Waals surface area contributed by atoms with Crippen molar-refractivity contribution < 1.29 is 0 Å². The monoisotopic (exact) mass is 624 g/mol. The average Bonchev–Trinajstić information content (AvgIpc) is 3.13. The lowest BCUT2D eigenvalue weighted by atomic mass is 9.83. The number of aryl methyl sites for hydroxylation is 4. The molecule has 0 amide bonds. The van der Waals surface area contributed by atoms with Gasteiger partial charge in [0.25, 0.3) is 0 Å². The van der Waals surface area contributed by atoms with Crippen molar-refractivity contribution in [1.82, 2.24) is 0 Å². The lowest BCUT2D eigenvalue weighted by Crippen LogP contribution is -2.05. The molecule has 0 atom stereocenters. The summed E-state index contributed by atoms with van der Waals surface area (Å²) in [6.07, 6.45) is 6.94. The molecule has 0 fully saturated rings. The second-order valence-electron chi connectivity index (χ2n) is 12.9. The minimum absolute atomic E-state index is 1.09. The van der Waals surface area contributed by atoms with Gasteiger partial charge in [0.1, 0.15) is 0 Å². The Hall–Kier alpha value is -4.94. The lowest BCUT2D eigenvalue weighted by molar-refractivity contribution is 0.939. The van der Waals surface area contributed by atoms with Crippen LogP contribution in [0.15, 0.2) is 139 Å². The second-order valence-corrected chi connectivity index (χ2v) is 12.9. The van der Waals surface area contributed by atoms with E-state index < -0.39 is 0 Å². The molecule has 0 spiro atoms. The minimum atomic E-state index is 1.09. The van der Waals surface area contributed by atoms with Crippen molar-refractivity contribution >= 4 is 53.9 Å². The van der Waals surface area contributed by atoms with Crippen molar-refractivity contribution in [2.24, 2.45) is 0 Å². The molecule has 48 heavy (non-hydrogen) atoms. The first-order chi connectivity index (χ1) is 23.5. The van der Waals surface area contributed by atoms with Gasteiger partial charge in [0.05, 0.1) is 0 Å². The van der Waals surface area contributed by atoms with E-state index in [0.717, 1.165) is 12.8 Å². The molecule has 0 heteroatoms. The van der Waals surface area contributed by atoms with Crippen molar-refractivity contribution in [3.63, 3.8) is 0 Å². The van der Waals surface area contributed by atoms with Crippen LogP contribution in [0.4, 0.5) is 0 Å². The third-order valence-corrected chi connectivity index (χ3v) is 9.67. The van der Waals surface area contributed by atoms with Gasteiger partial charge in [-0.25, -0.2) is 0 Å². The topological polar surface area (TPSA) is 0 Å². The number of benzene rings is 8. The standard InChI is InChI=1S/C22H22.C17H12.C7H8.C2H6/c1-3-5-15(2)14-19-11-10-18-9-8-16-6-4-7-17-12-13-20(19)22(18)21(16)17;1-11-5-6-14-8-7-12-3-2-4-13-9-10-15(11)17(14)16(12)13;1-7-5-3-2-4-6-7;1-2/h4-11H,3,12-14H2,1-2H3;2-10H,1H3;2-6H,1H3;1-2H3. The Labute approximate surface area is 287 Å². The van der Waals surface area contributed by atoms with Crippen molar-refractivity contribution in [3.05, 3.63) is 167 Å². The van der Waals surface area contributed by atoms with Gasteiger partial charge in [0.15, 0.2) is 0 Å². The maximum atomic E-state index is 2.36. The van der Waals surface area contributed by atoms with E-state index in [0.29, 0.717) is 0 Å². The van der Waals surface area contributed by atoms with Crippen molar-refractivity contribution in [2.75, 3.05) is 0 Å². The fourth-order valence-electron chi connectivity index (χ4n) is 7.44. The Bertz CT molecular complexity index is 2320. The lowest BCUT2D eigenvalue weighted by Gasteiger charge is -2.21. The van der Waals surface area contributed by atoms with Gasteiger partial charge in [0.2, 0.25) is 0 Å². The molecule has 1 aliphatic carbocycles. The van der Waals surface area contributed by atoms with E-state index in [1.54, 1.807) is 5.56 Å². The molecule has 0 heterocycles. The molecule has 8 aromatic carbocycles. The highest BCUT2D eigenvalue weighted by molar-refractivity contribution is 6.23. The first-order valence-corrected chi connectivity index (χ1v) is 17.8. The zero-order valence-corrected chi connectivity index (χ0v) is 29.5. The summed E-state index contributed by atoms with van der Waals surface area (Å²) in [5, 5.41) is 14.0. The minimum Gasteiger partial charge on any atom is -0.0855 e. The van der Waals surface area contributed by atoms with Crippen LogP contribution in [0.3, 0.4) is 0 Å². The predicted molar refractivity (Wildman–Crippen MR) is 214 cm³/mol. The molecule has 0 saturated heterocycles. The summed E-state index contributed by atoms with van der Waals surface area (Å²) < 4.78 is 0. The van der Waals surface area contributed by atoms with E-state index in [2.05, 4.69) is 143 Å². The highest BCUT2D eigenvalue weighted by atomic mass is 14.2. The van der Waals surface area contributed by atoms with Crippen LogP contribution >= 0.6 is 0 Å². The maximum Gasteiger partial charge on any atom is -0.00241 e. The summed E-state index contributed by atoms with van der Waals surface area (Å²) in [6, 6.07) is 46.1. The highest BCUT2D eigenvalue weighted by Gasteiger charge is 2.17. The van der Waals surface area contributed by atoms with Crippen LogP contribution in [0.25, 0.3) is 53.9 Å². The van der Waals surface area contributed by atoms with E-state index in [9.17, 15) is 0 Å². The van der Waals surface area contributed by atoms with Crippen LogP contribution in [-0.2, 0) is 19.3 Å². The number of allylic oxidation sites excluding steroid dienone is 2. The molecule has 0 aliphatic heterocycles. The van der Waals surface area contributed by atoms with Gasteiger partial charge in [-0.2, -0.15) is 0 Å². The Balaban J connectivity index is 0.000000136. The summed E-state index contributed by atoms with van der Waals surface area (Å²) in [6.45, 7) is 12.7. The third kappa shape index (κ3) is 6.58. The van der Waals surface area contributed by atoms with Gasteiger partial charge in [0, 0.05) is 0 Å². The molecule has 0 bridgehead atoms. The van der Waals surface area contributed by atoms with Gasteiger partial charge in [-0.05, 0) is 123 Å². The van der Waals surface area contributed by atoms with E-state index in [1.165, 1.54) is 94.5 Å². The fourth-order valence-corrected chi connectivity index (χ4v) is 7.44. The predicted octanol–water partition coefficient (Wildman–Crippen LogP) is 13.9. The summed E-state index contributed by atoms with van der Waals surface area (Å²) in [4.78, 5) is 0. The summed E-state index contributed by atoms with van der Waals surface area (Å²) in [5.74, 6) is 0. The van der Waals surface area contributed by atoms with E-state index in [-0.39, 0.29) is 0 Å². The smallest absolute Gasteiger partial charge is 0.00241 e. The fraction of sp³-hybridized carbons (Fsp3) is 0.208. The van der Waals surface area contributed by atoms with Crippen molar-refractivity contribution in [3.8, 4) is 0 Å². The first kappa shape index (κ1) is 33.0. The van der Waals surface area contributed by atoms with Gasteiger partial charge in [-0.15, -0.1) is 0 Å². The van der Waals surface area contributed by atoms with E-state index in [4.69, 9.17) is 0 Å². The molecular formula is C48H48. The van der Waals surface area contributed by atoms with Crippen LogP contribution in [0.1, 0.15) is 61.9 Å². The Kier molecular flexibility index (Phi) is 10.2. The number of hydrogen-bond donors (Lipinski definition) is 0. The number of rotatable bonds is 3. The van der Waals surface area contributed by atoms with Gasteiger partial charge < -0.3 is 0 Å². The SMILES string of the molecule is CC.CCC=C(C)Cc1ccc2ccc3cccc4c3c2c1CC4.Cc1ccc2ccc3cccc4ccc1c2c34.Cc1ccccc1. The number of hydrogen-bond acceptors (Lipinski definition) is 0. The van der Waals surface area contributed by atoms with E-state index in [1.807, 2.05) is 32.0 Å². The Morgan fingerprint density at radius 2 is 1.10 bits per heavy atom. The molecule has 0 unspecified atom stereocenters. The van der Waals surface area contributed by atoms with E-state index >= 15 is 0 Å². The molecule has 0 radical (unpaired) electrons. The molecule has 0 aromatic heterocycles. The Morgan fingerprint density at radius 1 is 0.542 bits per heavy atom. The zero-order valence-electron chi connectivity index (χ0n) is 29.5. The molecule has 240 valence electrons. The molecule has 0 saturated carbocycles. The van der Waals surface area contributed by atoms with Crippen LogP contribution in [0, 0.1) is 13.8 Å². The summed E-state index contributed by atoms with van der Waals surface area (Å²) >= 11 is 0. The van der Waals surface area contributed by atoms with Crippen molar-refractivity contribution in [1.29, 1.82) is 0 Å². The largest absolute Gasteiger partial charge is 0.0855 e. The molecule has 1 aliphatic rings. The maximum absolute atomic E-state index is 2.36. The molecule has 0 N–H and O–H groups in total. The summed E-state index contributed by atoms with van der Waals surface area (Å²) in [7, 11) is 0. The summed E-state index contributed by atoms with van der Waals surface area (Å²) in [5.41, 5.74) is 8.80. The van der Waals surface area contributed by atoms with Crippen LogP contribution in [-0.4, -0.2) is 0 Å². The normalized spacial score (nSPS) is 12.1. The quantitative estimate of drug-likeness (QED) is 0.135. The van der Waals surface area contributed by atoms with Gasteiger partial charge in [-0.1, -0.05) is 165 Å². The van der Waals surface area contributed by atoms with Crippen LogP contribution in [0.5, 0.6) is 0 Å². The highest BCUT2D eigenvalue weighted by Crippen LogP contribution is 2.38. The van der Waals surface area contributed by atoms with Crippen LogP contribution in [0.2, 0.25) is 0 Å². The van der Waals surface area contributed by atoms with Crippen LogP contribution < -0.4 is 0 Å². The second kappa shape index (κ2) is 14.9.